The van der Waals surface area contributed by atoms with Gasteiger partial charge in [0.25, 0.3) is 5.91 Å². The molecule has 2 heterocycles. The van der Waals surface area contributed by atoms with Crippen molar-refractivity contribution in [2.24, 2.45) is 0 Å². The number of nitrogens with zero attached hydrogens (tertiary/aromatic N) is 1. The van der Waals surface area contributed by atoms with Gasteiger partial charge in [-0.3, -0.25) is 14.5 Å². The van der Waals surface area contributed by atoms with E-state index in [-0.39, 0.29) is 11.4 Å². The molecule has 0 spiro atoms. The SMILES string of the molecule is CC(C)(C)OC(=O)NC(C(=O)N[C@@H]1C(=O)N2C(C(=O)OC(c3ccccc3)c3ccccc3)=CCS[C@@H]12)c1ccc(O)cc1. The van der Waals surface area contributed by atoms with Crippen molar-refractivity contribution in [2.75, 3.05) is 5.75 Å². The Balaban J connectivity index is 1.30. The second-order valence-electron chi connectivity index (χ2n) is 11.3. The van der Waals surface area contributed by atoms with Crippen molar-refractivity contribution in [1.82, 2.24) is 15.5 Å². The Hall–Kier alpha value is -4.77. The van der Waals surface area contributed by atoms with Gasteiger partial charge in [-0.25, -0.2) is 9.59 Å². The second kappa shape index (κ2) is 12.8. The highest BCUT2D eigenvalue weighted by atomic mass is 32.2. The minimum atomic E-state index is -1.21. The molecule has 2 aliphatic rings. The summed E-state index contributed by atoms with van der Waals surface area (Å²) >= 11 is 1.39. The summed E-state index contributed by atoms with van der Waals surface area (Å²) in [7, 11) is 0. The number of phenolic OH excluding ortho intramolecular Hbond substituents is 1. The number of thioether (sulfide) groups is 1. The fraction of sp³-hybridized carbons (Fsp3) is 0.273. The number of alkyl carbamates (subject to hydrolysis) is 1. The molecule has 3 amide bonds. The monoisotopic (exact) mass is 615 g/mol. The number of aromatic hydroxyl groups is 1. The molecule has 5 rings (SSSR count). The Morgan fingerprint density at radius 2 is 1.50 bits per heavy atom. The van der Waals surface area contributed by atoms with Gasteiger partial charge in [0.2, 0.25) is 5.91 Å². The van der Waals surface area contributed by atoms with Crippen molar-refractivity contribution >= 4 is 35.6 Å². The molecule has 3 atom stereocenters. The van der Waals surface area contributed by atoms with E-state index in [0.29, 0.717) is 11.3 Å². The van der Waals surface area contributed by atoms with Gasteiger partial charge in [0.1, 0.15) is 34.5 Å². The number of nitrogens with one attached hydrogen (secondary N) is 2. The maximum absolute atomic E-state index is 13.5. The van der Waals surface area contributed by atoms with Crippen LogP contribution in [0.5, 0.6) is 5.75 Å². The van der Waals surface area contributed by atoms with Crippen LogP contribution in [0.15, 0.2) is 96.7 Å². The van der Waals surface area contributed by atoms with E-state index < -0.39 is 53.0 Å². The van der Waals surface area contributed by atoms with Crippen LogP contribution >= 0.6 is 11.8 Å². The normalized spacial score (nSPS) is 18.3. The average molecular weight is 616 g/mol. The Kier molecular flexibility index (Phi) is 8.96. The third kappa shape index (κ3) is 6.89. The van der Waals surface area contributed by atoms with E-state index in [9.17, 15) is 24.3 Å². The fourth-order valence-electron chi connectivity index (χ4n) is 4.91. The zero-order valence-corrected chi connectivity index (χ0v) is 25.2. The van der Waals surface area contributed by atoms with Crippen LogP contribution in [-0.2, 0) is 23.9 Å². The van der Waals surface area contributed by atoms with E-state index in [1.54, 1.807) is 26.8 Å². The highest BCUT2D eigenvalue weighted by Gasteiger charge is 2.53. The Bertz CT molecular complexity index is 1520. The van der Waals surface area contributed by atoms with Gasteiger partial charge < -0.3 is 25.2 Å². The summed E-state index contributed by atoms with van der Waals surface area (Å²) in [6, 6.07) is 22.3. The molecule has 11 heteroatoms. The summed E-state index contributed by atoms with van der Waals surface area (Å²) in [5.74, 6) is -1.37. The summed E-state index contributed by atoms with van der Waals surface area (Å²) < 4.78 is 11.3. The summed E-state index contributed by atoms with van der Waals surface area (Å²) in [5.41, 5.74) is 1.26. The number of amides is 3. The lowest BCUT2D eigenvalue weighted by atomic mass is 10.0. The second-order valence-corrected chi connectivity index (χ2v) is 12.4. The van der Waals surface area contributed by atoms with E-state index in [0.717, 1.165) is 11.1 Å². The topological polar surface area (TPSA) is 134 Å². The molecule has 10 nitrogen and oxygen atoms in total. The number of esters is 1. The zero-order chi connectivity index (χ0) is 31.4. The van der Waals surface area contributed by atoms with Crippen molar-refractivity contribution in [3.8, 4) is 5.75 Å². The number of fused-ring (bicyclic) bond motifs is 1. The molecule has 3 aromatic carbocycles. The predicted molar refractivity (Wildman–Crippen MR) is 164 cm³/mol. The van der Waals surface area contributed by atoms with Crippen molar-refractivity contribution < 1.29 is 33.8 Å². The first-order valence-corrected chi connectivity index (χ1v) is 15.1. The summed E-state index contributed by atoms with van der Waals surface area (Å²) in [4.78, 5) is 54.3. The van der Waals surface area contributed by atoms with Crippen molar-refractivity contribution in [2.45, 2.75) is 49.9 Å². The van der Waals surface area contributed by atoms with Crippen LogP contribution in [0.3, 0.4) is 0 Å². The van der Waals surface area contributed by atoms with Gasteiger partial charge in [-0.2, -0.15) is 0 Å². The van der Waals surface area contributed by atoms with Crippen molar-refractivity contribution in [1.29, 1.82) is 0 Å². The largest absolute Gasteiger partial charge is 0.508 e. The van der Waals surface area contributed by atoms with Crippen LogP contribution in [0.25, 0.3) is 0 Å². The number of hydrogen-bond donors (Lipinski definition) is 3. The molecule has 1 fully saturated rings. The molecule has 3 aromatic rings. The van der Waals surface area contributed by atoms with Crippen LogP contribution in [-0.4, -0.2) is 56.7 Å². The lowest BCUT2D eigenvalue weighted by Gasteiger charge is -2.48. The smallest absolute Gasteiger partial charge is 0.408 e. The Morgan fingerprint density at radius 3 is 2.07 bits per heavy atom. The standard InChI is InChI=1S/C33H33N3O7S/c1-33(2,3)43-32(41)35-25(20-14-16-23(37)17-15-20)28(38)34-26-29(39)36-24(18-19-44-30(26)36)31(40)42-27(21-10-6-4-7-11-21)22-12-8-5-9-13-22/h4-18,25-27,30,37H,19H2,1-3H3,(H,34,38)(H,35,41)/t25?,26-,30+/m1/s1. The zero-order valence-electron chi connectivity index (χ0n) is 24.4. The van der Waals surface area contributed by atoms with Gasteiger partial charge in [-0.15, -0.1) is 11.8 Å². The highest BCUT2D eigenvalue weighted by molar-refractivity contribution is 8.00. The molecular formula is C33H33N3O7S. The van der Waals surface area contributed by atoms with E-state index in [1.165, 1.54) is 40.9 Å². The van der Waals surface area contributed by atoms with Crippen LogP contribution in [0.1, 0.15) is 49.6 Å². The highest BCUT2D eigenvalue weighted by Crippen LogP contribution is 2.39. The van der Waals surface area contributed by atoms with Crippen molar-refractivity contribution in [3.05, 3.63) is 113 Å². The maximum Gasteiger partial charge on any atom is 0.408 e. The summed E-state index contributed by atoms with van der Waals surface area (Å²) in [5, 5.41) is 14.5. The molecule has 0 aromatic heterocycles. The molecule has 2 aliphatic heterocycles. The molecule has 44 heavy (non-hydrogen) atoms. The Morgan fingerprint density at radius 1 is 0.909 bits per heavy atom. The van der Waals surface area contributed by atoms with Gasteiger partial charge in [-0.1, -0.05) is 72.8 Å². The molecule has 1 saturated heterocycles. The molecule has 0 saturated carbocycles. The van der Waals surface area contributed by atoms with E-state index in [4.69, 9.17) is 9.47 Å². The van der Waals surface area contributed by atoms with Crippen LogP contribution in [0, 0.1) is 0 Å². The minimum absolute atomic E-state index is 0.0124. The predicted octanol–water partition coefficient (Wildman–Crippen LogP) is 4.57. The van der Waals surface area contributed by atoms with Gasteiger partial charge in [-0.05, 0) is 55.7 Å². The minimum Gasteiger partial charge on any atom is -0.508 e. The first-order chi connectivity index (χ1) is 21.0. The molecule has 3 N–H and O–H groups in total. The number of hydrogen-bond acceptors (Lipinski definition) is 8. The van der Waals surface area contributed by atoms with Gasteiger partial charge in [0.15, 0.2) is 6.10 Å². The molecule has 0 radical (unpaired) electrons. The summed E-state index contributed by atoms with van der Waals surface area (Å²) in [6.45, 7) is 5.09. The quantitative estimate of drug-likeness (QED) is 0.248. The molecule has 1 unspecified atom stereocenters. The van der Waals surface area contributed by atoms with Gasteiger partial charge in [0, 0.05) is 5.75 Å². The van der Waals surface area contributed by atoms with E-state index in [2.05, 4.69) is 10.6 Å². The fourth-order valence-corrected chi connectivity index (χ4v) is 6.10. The first-order valence-electron chi connectivity index (χ1n) is 14.1. The maximum atomic E-state index is 13.5. The number of benzene rings is 3. The van der Waals surface area contributed by atoms with Gasteiger partial charge >= 0.3 is 12.1 Å². The molecule has 0 bridgehead atoms. The van der Waals surface area contributed by atoms with Crippen LogP contribution < -0.4 is 10.6 Å². The number of β-lactam (4-membered cyclic amide) rings is 1. The molecule has 228 valence electrons. The lowest BCUT2D eigenvalue weighted by molar-refractivity contribution is -0.154. The number of rotatable bonds is 8. The van der Waals surface area contributed by atoms with E-state index >= 15 is 0 Å². The van der Waals surface area contributed by atoms with E-state index in [1.807, 2.05) is 60.7 Å². The number of carbonyl (C=O) groups is 4. The van der Waals surface area contributed by atoms with Crippen LogP contribution in [0.4, 0.5) is 4.79 Å². The third-order valence-electron chi connectivity index (χ3n) is 6.93. The number of phenols is 1. The Labute approximate surface area is 259 Å². The average Bonchev–Trinajstić information content (AvgIpc) is 3.01. The lowest BCUT2D eigenvalue weighted by Crippen LogP contribution is -2.70. The van der Waals surface area contributed by atoms with Crippen molar-refractivity contribution in [3.63, 3.8) is 0 Å². The molecular weight excluding hydrogens is 582 g/mol. The number of carbonyl (C=O) groups excluding carboxylic acids is 4. The first kappa shape index (κ1) is 30.7. The third-order valence-corrected chi connectivity index (χ3v) is 8.12. The van der Waals surface area contributed by atoms with Crippen LogP contribution in [0.2, 0.25) is 0 Å². The number of ether oxygens (including phenoxy) is 2. The summed E-state index contributed by atoms with van der Waals surface area (Å²) in [6.07, 6.45) is 0.143. The van der Waals surface area contributed by atoms with Gasteiger partial charge in [0.05, 0.1) is 0 Å². The molecule has 0 aliphatic carbocycles.